The Labute approximate surface area is 77.3 Å². The van der Waals surface area contributed by atoms with Crippen LogP contribution >= 0.6 is 0 Å². The third kappa shape index (κ3) is 1.56. The molecule has 0 amide bonds. The first-order chi connectivity index (χ1) is 6.38. The van der Waals surface area contributed by atoms with E-state index < -0.39 is 0 Å². The Morgan fingerprint density at radius 3 is 2.54 bits per heavy atom. The minimum Gasteiger partial charge on any atom is -0.0878 e. The molecular weight excluding hydrogens is 160 g/mol. The monoisotopic (exact) mass is 171 g/mol. The van der Waals surface area contributed by atoms with Gasteiger partial charge in [-0.2, -0.15) is 0 Å². The normalized spacial score (nSPS) is 20.6. The van der Waals surface area contributed by atoms with E-state index in [1.165, 1.54) is 4.70 Å². The molecule has 1 unspecified atom stereocenters. The zero-order valence-electron chi connectivity index (χ0n) is 7.22. The fourth-order valence-corrected chi connectivity index (χ4v) is 1.42. The van der Waals surface area contributed by atoms with Crippen LogP contribution in [0.3, 0.4) is 0 Å². The van der Waals surface area contributed by atoms with Crippen LogP contribution in [0.5, 0.6) is 0 Å². The molecule has 13 heavy (non-hydrogen) atoms. The van der Waals surface area contributed by atoms with Gasteiger partial charge in [-0.25, -0.2) is 0 Å². The summed E-state index contributed by atoms with van der Waals surface area (Å²) in [6.07, 6.45) is 7.62. The predicted molar refractivity (Wildman–Crippen MR) is 50.4 cm³/mol. The van der Waals surface area contributed by atoms with Gasteiger partial charge in [0.1, 0.15) is 0 Å². The van der Waals surface area contributed by atoms with Gasteiger partial charge in [0.15, 0.2) is 6.20 Å². The summed E-state index contributed by atoms with van der Waals surface area (Å²) in [4.78, 5) is 0. The Hall–Kier alpha value is -1.70. The molecule has 0 spiro atoms. The highest BCUT2D eigenvalue weighted by Gasteiger charge is 2.19. The second-order valence-electron chi connectivity index (χ2n) is 2.99. The fourth-order valence-electron chi connectivity index (χ4n) is 1.42. The molecule has 1 aliphatic heterocycles. The topological polar surface area (TPSA) is 26.9 Å². The van der Waals surface area contributed by atoms with Crippen molar-refractivity contribution in [2.24, 2.45) is 0 Å². The van der Waals surface area contributed by atoms with Gasteiger partial charge in [-0.15, -0.1) is 0 Å². The molecule has 0 fully saturated rings. The Bertz CT molecular complexity index is 363. The standard InChI is InChI=1S/C11H11N2/c12-13-9-5-4-8-11(13)10-6-2-1-3-7-10/h1-9,11-12H/q+1. The van der Waals surface area contributed by atoms with Crippen LogP contribution in [0, 0.1) is 5.53 Å². The van der Waals surface area contributed by atoms with Crippen molar-refractivity contribution in [3.05, 3.63) is 60.3 Å². The number of allylic oxidation sites excluding steroid dienone is 2. The van der Waals surface area contributed by atoms with Crippen LogP contribution in [-0.2, 0) is 0 Å². The molecule has 0 aliphatic carbocycles. The van der Waals surface area contributed by atoms with Gasteiger partial charge in [-0.05, 0) is 6.08 Å². The van der Waals surface area contributed by atoms with Crippen molar-refractivity contribution in [2.45, 2.75) is 6.04 Å². The van der Waals surface area contributed by atoms with Crippen molar-refractivity contribution < 1.29 is 4.70 Å². The van der Waals surface area contributed by atoms with Crippen molar-refractivity contribution >= 4 is 0 Å². The highest BCUT2D eigenvalue weighted by molar-refractivity contribution is 5.23. The van der Waals surface area contributed by atoms with E-state index in [0.717, 1.165) is 5.56 Å². The first-order valence-corrected chi connectivity index (χ1v) is 4.27. The molecule has 2 heteroatoms. The molecule has 1 aromatic rings. The van der Waals surface area contributed by atoms with Crippen molar-refractivity contribution in [1.82, 2.24) is 0 Å². The lowest BCUT2D eigenvalue weighted by molar-refractivity contribution is -0.584. The van der Waals surface area contributed by atoms with Gasteiger partial charge in [0, 0.05) is 11.6 Å². The third-order valence-corrected chi connectivity index (χ3v) is 2.09. The molecule has 0 saturated carbocycles. The Balaban J connectivity index is 2.32. The summed E-state index contributed by atoms with van der Waals surface area (Å²) in [5.74, 6) is 0. The Morgan fingerprint density at radius 2 is 1.85 bits per heavy atom. The molecule has 0 aromatic heterocycles. The zero-order valence-corrected chi connectivity index (χ0v) is 7.22. The Morgan fingerprint density at radius 1 is 1.08 bits per heavy atom. The van der Waals surface area contributed by atoms with Crippen LogP contribution in [0.15, 0.2) is 54.8 Å². The van der Waals surface area contributed by atoms with E-state index in [0.29, 0.717) is 0 Å². The molecular formula is C11H11N2+. The predicted octanol–water partition coefficient (Wildman–Crippen LogP) is 2.85. The fraction of sp³-hybridized carbons (Fsp3) is 0.0909. The van der Waals surface area contributed by atoms with Gasteiger partial charge in [0.05, 0.1) is 0 Å². The van der Waals surface area contributed by atoms with E-state index in [-0.39, 0.29) is 6.04 Å². The van der Waals surface area contributed by atoms with Gasteiger partial charge in [0.2, 0.25) is 6.04 Å². The molecule has 0 radical (unpaired) electrons. The summed E-state index contributed by atoms with van der Waals surface area (Å²) in [5, 5.41) is 0. The van der Waals surface area contributed by atoms with E-state index in [1.807, 2.05) is 48.6 Å². The SMILES string of the molecule is N=[N+]1C=CC=CC1c1ccccc1. The lowest BCUT2D eigenvalue weighted by Crippen LogP contribution is -2.09. The summed E-state index contributed by atoms with van der Waals surface area (Å²) in [6.45, 7) is 0. The molecule has 1 aromatic carbocycles. The Kier molecular flexibility index (Phi) is 2.04. The average molecular weight is 171 g/mol. The molecule has 1 N–H and O–H groups in total. The van der Waals surface area contributed by atoms with E-state index in [1.54, 1.807) is 6.20 Å². The molecule has 1 heterocycles. The van der Waals surface area contributed by atoms with Gasteiger partial charge in [-0.1, -0.05) is 46.6 Å². The molecule has 2 nitrogen and oxygen atoms in total. The maximum Gasteiger partial charge on any atom is 0.227 e. The third-order valence-electron chi connectivity index (χ3n) is 2.09. The van der Waals surface area contributed by atoms with E-state index >= 15 is 0 Å². The van der Waals surface area contributed by atoms with E-state index in [9.17, 15) is 0 Å². The molecule has 0 saturated heterocycles. The zero-order chi connectivity index (χ0) is 9.10. The molecule has 0 bridgehead atoms. The largest absolute Gasteiger partial charge is 0.227 e. The molecule has 2 rings (SSSR count). The van der Waals surface area contributed by atoms with Crippen LogP contribution in [0.1, 0.15) is 11.6 Å². The number of benzene rings is 1. The summed E-state index contributed by atoms with van der Waals surface area (Å²) < 4.78 is 1.45. The summed E-state index contributed by atoms with van der Waals surface area (Å²) in [6, 6.07) is 10.1. The molecule has 64 valence electrons. The van der Waals surface area contributed by atoms with Crippen LogP contribution < -0.4 is 0 Å². The van der Waals surface area contributed by atoms with Gasteiger partial charge in [0.25, 0.3) is 0 Å². The van der Waals surface area contributed by atoms with Crippen molar-refractivity contribution in [3.63, 3.8) is 0 Å². The minimum atomic E-state index is 0.0613. The van der Waals surface area contributed by atoms with Gasteiger partial charge < -0.3 is 0 Å². The van der Waals surface area contributed by atoms with Crippen LogP contribution in [0.2, 0.25) is 0 Å². The van der Waals surface area contributed by atoms with Crippen LogP contribution in [0.4, 0.5) is 0 Å². The second kappa shape index (κ2) is 3.35. The molecule has 1 aliphatic rings. The minimum absolute atomic E-state index is 0.0613. The van der Waals surface area contributed by atoms with Crippen LogP contribution in [-0.4, -0.2) is 4.70 Å². The van der Waals surface area contributed by atoms with E-state index in [4.69, 9.17) is 5.53 Å². The number of nitrogens with zero attached hydrogens (tertiary/aromatic N) is 1. The number of hydrogen-bond acceptors (Lipinski definition) is 1. The van der Waals surface area contributed by atoms with Gasteiger partial charge >= 0.3 is 0 Å². The first-order valence-electron chi connectivity index (χ1n) is 4.27. The number of rotatable bonds is 1. The second-order valence-corrected chi connectivity index (χ2v) is 2.99. The summed E-state index contributed by atoms with van der Waals surface area (Å²) in [5.41, 5.74) is 8.81. The lowest BCUT2D eigenvalue weighted by Gasteiger charge is -2.07. The van der Waals surface area contributed by atoms with E-state index in [2.05, 4.69) is 0 Å². The quantitative estimate of drug-likeness (QED) is 0.629. The highest BCUT2D eigenvalue weighted by Crippen LogP contribution is 2.20. The smallest absolute Gasteiger partial charge is 0.0878 e. The van der Waals surface area contributed by atoms with Crippen LogP contribution in [0.25, 0.3) is 0 Å². The van der Waals surface area contributed by atoms with Crippen molar-refractivity contribution in [1.29, 1.82) is 5.53 Å². The van der Waals surface area contributed by atoms with Gasteiger partial charge in [-0.3, -0.25) is 0 Å². The summed E-state index contributed by atoms with van der Waals surface area (Å²) in [7, 11) is 0. The van der Waals surface area contributed by atoms with Crippen molar-refractivity contribution in [2.75, 3.05) is 0 Å². The maximum atomic E-state index is 7.66. The number of hydrogen-bond donors (Lipinski definition) is 1. The lowest BCUT2D eigenvalue weighted by atomic mass is 10.1. The highest BCUT2D eigenvalue weighted by atomic mass is 15.2. The van der Waals surface area contributed by atoms with Crippen molar-refractivity contribution in [3.8, 4) is 0 Å². The first kappa shape index (κ1) is 7.92. The summed E-state index contributed by atoms with van der Waals surface area (Å²) >= 11 is 0. The average Bonchev–Trinajstić information content (AvgIpc) is 2.20. The number of nitrogens with one attached hydrogen (secondary N) is 1. The maximum absolute atomic E-state index is 7.66. The molecule has 1 atom stereocenters.